The second-order valence-corrected chi connectivity index (χ2v) is 7.43. The molecule has 0 spiro atoms. The Balaban J connectivity index is 0.00000338. The minimum atomic E-state index is -0.352. The number of carbonyl (C=O) groups is 2. The van der Waals surface area contributed by atoms with Crippen molar-refractivity contribution >= 4 is 24.2 Å². The van der Waals surface area contributed by atoms with Gasteiger partial charge in [0.15, 0.2) is 0 Å². The summed E-state index contributed by atoms with van der Waals surface area (Å²) in [5.74, 6) is 0.618. The molecular weight excluding hydrogens is 354 g/mol. The van der Waals surface area contributed by atoms with E-state index in [0.717, 1.165) is 17.7 Å². The summed E-state index contributed by atoms with van der Waals surface area (Å²) < 4.78 is 5.16. The number of carbonyl (C=O) groups excluding carboxylic acids is 2. The molecular formula is C19H30ClN3O3. The molecule has 26 heavy (non-hydrogen) atoms. The first-order valence-electron chi connectivity index (χ1n) is 8.67. The molecule has 1 saturated heterocycles. The molecule has 0 saturated carbocycles. The monoisotopic (exact) mass is 383 g/mol. The Morgan fingerprint density at radius 1 is 1.35 bits per heavy atom. The average molecular weight is 384 g/mol. The molecule has 6 nitrogen and oxygen atoms in total. The van der Waals surface area contributed by atoms with Crippen LogP contribution in [-0.4, -0.2) is 43.0 Å². The highest BCUT2D eigenvalue weighted by Gasteiger charge is 2.35. The number of methoxy groups -OCH3 is 1. The summed E-state index contributed by atoms with van der Waals surface area (Å²) in [5.41, 5.74) is 6.94. The molecule has 0 radical (unpaired) electrons. The number of piperidine rings is 1. The lowest BCUT2D eigenvalue weighted by Crippen LogP contribution is -2.54. The Labute approximate surface area is 161 Å². The fraction of sp³-hybridized carbons (Fsp3) is 0.579. The molecule has 1 aliphatic heterocycles. The molecule has 2 amide bonds. The van der Waals surface area contributed by atoms with Gasteiger partial charge >= 0.3 is 0 Å². The maximum atomic E-state index is 12.8. The predicted molar refractivity (Wildman–Crippen MR) is 104 cm³/mol. The Bertz CT molecular complexity index is 619. The van der Waals surface area contributed by atoms with Crippen LogP contribution in [-0.2, 0) is 9.59 Å². The normalized spacial score (nSPS) is 19.9. The summed E-state index contributed by atoms with van der Waals surface area (Å²) in [6, 6.07) is 7.17. The van der Waals surface area contributed by atoms with Gasteiger partial charge in [-0.2, -0.15) is 0 Å². The zero-order chi connectivity index (χ0) is 18.6. The van der Waals surface area contributed by atoms with Crippen LogP contribution in [0.3, 0.4) is 0 Å². The van der Waals surface area contributed by atoms with Crippen LogP contribution < -0.4 is 15.8 Å². The van der Waals surface area contributed by atoms with E-state index < -0.39 is 0 Å². The standard InChI is InChI=1S/C19H29N3O3.ClH/c1-13(23)21-16(14-5-7-15(25-4)8-6-14)11-18(24)22-10-9-17(20)19(2,3)12-22;/h5-8,16-17H,9-12,20H2,1-4H3,(H,21,23);1H. The van der Waals surface area contributed by atoms with E-state index in [1.54, 1.807) is 7.11 Å². The van der Waals surface area contributed by atoms with Crippen molar-refractivity contribution in [2.75, 3.05) is 20.2 Å². The van der Waals surface area contributed by atoms with E-state index in [9.17, 15) is 9.59 Å². The van der Waals surface area contributed by atoms with Crippen LogP contribution in [0.4, 0.5) is 0 Å². The molecule has 0 aromatic heterocycles. The van der Waals surface area contributed by atoms with Crippen LogP contribution in [0.1, 0.15) is 45.2 Å². The van der Waals surface area contributed by atoms with E-state index in [4.69, 9.17) is 10.5 Å². The van der Waals surface area contributed by atoms with Crippen LogP contribution in [0.2, 0.25) is 0 Å². The number of amides is 2. The zero-order valence-electron chi connectivity index (χ0n) is 16.0. The smallest absolute Gasteiger partial charge is 0.225 e. The van der Waals surface area contributed by atoms with Gasteiger partial charge < -0.3 is 20.7 Å². The molecule has 1 aromatic rings. The lowest BCUT2D eigenvalue weighted by atomic mass is 9.79. The van der Waals surface area contributed by atoms with Gasteiger partial charge in [-0.15, -0.1) is 12.4 Å². The van der Waals surface area contributed by atoms with Gasteiger partial charge in [-0.3, -0.25) is 9.59 Å². The van der Waals surface area contributed by atoms with Gasteiger partial charge in [0, 0.05) is 26.1 Å². The number of hydrogen-bond donors (Lipinski definition) is 2. The highest BCUT2D eigenvalue weighted by molar-refractivity contribution is 5.85. The van der Waals surface area contributed by atoms with E-state index >= 15 is 0 Å². The number of nitrogens with two attached hydrogens (primary N) is 1. The minimum Gasteiger partial charge on any atom is -0.497 e. The third kappa shape index (κ3) is 5.61. The fourth-order valence-corrected chi connectivity index (χ4v) is 3.22. The molecule has 1 aliphatic rings. The Morgan fingerprint density at radius 2 is 1.96 bits per heavy atom. The summed E-state index contributed by atoms with van der Waals surface area (Å²) in [4.78, 5) is 26.2. The maximum Gasteiger partial charge on any atom is 0.225 e. The quantitative estimate of drug-likeness (QED) is 0.816. The maximum absolute atomic E-state index is 12.8. The van der Waals surface area contributed by atoms with Crippen molar-refractivity contribution < 1.29 is 14.3 Å². The molecule has 2 atom stereocenters. The molecule has 7 heteroatoms. The SMILES string of the molecule is COc1ccc(C(CC(=O)N2CCC(N)C(C)(C)C2)NC(C)=O)cc1.Cl. The molecule has 1 heterocycles. The summed E-state index contributed by atoms with van der Waals surface area (Å²) in [5, 5.41) is 2.88. The summed E-state index contributed by atoms with van der Waals surface area (Å²) >= 11 is 0. The number of benzene rings is 1. The number of nitrogens with zero attached hydrogens (tertiary/aromatic N) is 1. The van der Waals surface area contributed by atoms with E-state index in [1.807, 2.05) is 29.2 Å². The number of ether oxygens (including phenoxy) is 1. The van der Waals surface area contributed by atoms with E-state index in [1.165, 1.54) is 6.92 Å². The van der Waals surface area contributed by atoms with Gasteiger partial charge in [0.1, 0.15) is 5.75 Å². The number of nitrogens with one attached hydrogen (secondary N) is 1. The molecule has 1 fully saturated rings. The average Bonchev–Trinajstić information content (AvgIpc) is 2.56. The van der Waals surface area contributed by atoms with Crippen LogP contribution in [0.5, 0.6) is 5.75 Å². The van der Waals surface area contributed by atoms with Gasteiger partial charge in [-0.1, -0.05) is 26.0 Å². The van der Waals surface area contributed by atoms with E-state index in [-0.39, 0.29) is 48.1 Å². The summed E-state index contributed by atoms with van der Waals surface area (Å²) in [6.45, 7) is 6.95. The van der Waals surface area contributed by atoms with Crippen LogP contribution in [0.15, 0.2) is 24.3 Å². The Kier molecular flexibility index (Phi) is 7.90. The van der Waals surface area contributed by atoms with Crippen LogP contribution >= 0.6 is 12.4 Å². The summed E-state index contributed by atoms with van der Waals surface area (Å²) in [6.07, 6.45) is 1.03. The van der Waals surface area contributed by atoms with Crippen molar-refractivity contribution in [2.45, 2.75) is 45.7 Å². The molecule has 2 unspecified atom stereocenters. The Hall–Kier alpha value is -1.79. The van der Waals surface area contributed by atoms with Crippen molar-refractivity contribution in [3.63, 3.8) is 0 Å². The third-order valence-corrected chi connectivity index (χ3v) is 4.94. The topological polar surface area (TPSA) is 84.7 Å². The van der Waals surface area contributed by atoms with Gasteiger partial charge in [0.05, 0.1) is 19.6 Å². The summed E-state index contributed by atoms with van der Waals surface area (Å²) in [7, 11) is 1.60. The highest BCUT2D eigenvalue weighted by atomic mass is 35.5. The van der Waals surface area contributed by atoms with Gasteiger partial charge in [0.25, 0.3) is 0 Å². The molecule has 3 N–H and O–H groups in total. The van der Waals surface area contributed by atoms with Crippen molar-refractivity contribution in [2.24, 2.45) is 11.1 Å². The first kappa shape index (κ1) is 22.3. The van der Waals surface area contributed by atoms with Crippen molar-refractivity contribution in [1.82, 2.24) is 10.2 Å². The number of likely N-dealkylation sites (tertiary alicyclic amines) is 1. The highest BCUT2D eigenvalue weighted by Crippen LogP contribution is 2.29. The van der Waals surface area contributed by atoms with Crippen LogP contribution in [0.25, 0.3) is 0 Å². The zero-order valence-corrected chi connectivity index (χ0v) is 16.8. The predicted octanol–water partition coefficient (Wildman–Crippen LogP) is 2.27. The fourth-order valence-electron chi connectivity index (χ4n) is 3.22. The largest absolute Gasteiger partial charge is 0.497 e. The molecule has 1 aromatic carbocycles. The lowest BCUT2D eigenvalue weighted by Gasteiger charge is -2.43. The van der Waals surface area contributed by atoms with Gasteiger partial charge in [0.2, 0.25) is 11.8 Å². The first-order chi connectivity index (χ1) is 11.7. The molecule has 0 aliphatic carbocycles. The van der Waals surface area contributed by atoms with Crippen molar-refractivity contribution in [3.05, 3.63) is 29.8 Å². The van der Waals surface area contributed by atoms with E-state index in [0.29, 0.717) is 13.1 Å². The molecule has 0 bridgehead atoms. The minimum absolute atomic E-state index is 0. The number of hydrogen-bond acceptors (Lipinski definition) is 4. The van der Waals surface area contributed by atoms with Gasteiger partial charge in [-0.05, 0) is 29.5 Å². The lowest BCUT2D eigenvalue weighted by molar-refractivity contribution is -0.135. The van der Waals surface area contributed by atoms with Crippen molar-refractivity contribution in [3.8, 4) is 5.75 Å². The van der Waals surface area contributed by atoms with Crippen molar-refractivity contribution in [1.29, 1.82) is 0 Å². The second-order valence-electron chi connectivity index (χ2n) is 7.43. The number of rotatable bonds is 5. The first-order valence-corrected chi connectivity index (χ1v) is 8.67. The van der Waals surface area contributed by atoms with E-state index in [2.05, 4.69) is 19.2 Å². The number of halogens is 1. The molecule has 146 valence electrons. The third-order valence-electron chi connectivity index (χ3n) is 4.94. The molecule has 2 rings (SSSR count). The second kappa shape index (κ2) is 9.24. The van der Waals surface area contributed by atoms with Crippen LogP contribution in [0, 0.1) is 5.41 Å². The Morgan fingerprint density at radius 3 is 2.46 bits per heavy atom. The van der Waals surface area contributed by atoms with Gasteiger partial charge in [-0.25, -0.2) is 0 Å².